The lowest BCUT2D eigenvalue weighted by Crippen LogP contribution is -2.07. The number of carbonyl (C=O) groups is 1. The van der Waals surface area contributed by atoms with Gasteiger partial charge in [-0.1, -0.05) is 43.7 Å². The molecule has 0 atom stereocenters. The minimum absolute atomic E-state index is 0.163. The lowest BCUT2D eigenvalue weighted by molar-refractivity contribution is 0.0690. The fourth-order valence-corrected chi connectivity index (χ4v) is 4.07. The molecule has 7 heteroatoms. The summed E-state index contributed by atoms with van der Waals surface area (Å²) < 4.78 is 3.78. The van der Waals surface area contributed by atoms with E-state index in [0.29, 0.717) is 17.9 Å². The van der Waals surface area contributed by atoms with E-state index < -0.39 is 5.97 Å². The fraction of sp³-hybridized carbons (Fsp3) is 0.200. The molecule has 0 aliphatic rings. The molecule has 0 fully saturated rings. The number of nitrogens with zero attached hydrogens (tertiary/aromatic N) is 5. The first-order chi connectivity index (χ1) is 15.7. The summed E-state index contributed by atoms with van der Waals surface area (Å²) in [5.74, 6) is 0.00993. The van der Waals surface area contributed by atoms with Gasteiger partial charge in [-0.25, -0.2) is 19.7 Å². The van der Waals surface area contributed by atoms with Crippen LogP contribution in [0.5, 0.6) is 0 Å². The Labute approximate surface area is 185 Å². The molecule has 0 aliphatic heterocycles. The SMILES string of the molecule is CCCCc1nc2cccnc2n1Cc1ccn2c(C(=O)O)c(-c3ccccc3)nc2c1. The molecule has 5 rings (SSSR count). The molecule has 0 spiro atoms. The van der Waals surface area contributed by atoms with E-state index in [0.717, 1.165) is 47.4 Å². The monoisotopic (exact) mass is 425 g/mol. The third kappa shape index (κ3) is 3.51. The van der Waals surface area contributed by atoms with Gasteiger partial charge >= 0.3 is 5.97 Å². The molecule has 5 aromatic rings. The second kappa shape index (κ2) is 8.26. The van der Waals surface area contributed by atoms with Gasteiger partial charge < -0.3 is 9.67 Å². The molecule has 4 aromatic heterocycles. The van der Waals surface area contributed by atoms with Crippen LogP contribution in [0.4, 0.5) is 0 Å². The summed E-state index contributed by atoms with van der Waals surface area (Å²) in [5, 5.41) is 9.85. The molecule has 160 valence electrons. The highest BCUT2D eigenvalue weighted by Crippen LogP contribution is 2.25. The van der Waals surface area contributed by atoms with E-state index in [9.17, 15) is 9.90 Å². The Morgan fingerprint density at radius 1 is 1.06 bits per heavy atom. The quantitative estimate of drug-likeness (QED) is 0.403. The van der Waals surface area contributed by atoms with Crippen LogP contribution in [0.1, 0.15) is 41.6 Å². The van der Waals surface area contributed by atoms with Crippen LogP contribution >= 0.6 is 0 Å². The molecule has 0 bridgehead atoms. The number of imidazole rings is 2. The van der Waals surface area contributed by atoms with Gasteiger partial charge in [-0.15, -0.1) is 0 Å². The number of carboxylic acids is 1. The molecule has 7 nitrogen and oxygen atoms in total. The van der Waals surface area contributed by atoms with Crippen molar-refractivity contribution in [3.05, 3.63) is 84.1 Å². The molecule has 1 N–H and O–H groups in total. The summed E-state index contributed by atoms with van der Waals surface area (Å²) in [7, 11) is 0. The molecule has 1 aromatic carbocycles. The second-order valence-corrected chi connectivity index (χ2v) is 7.81. The molecule has 0 aliphatic carbocycles. The predicted molar refractivity (Wildman–Crippen MR) is 123 cm³/mol. The van der Waals surface area contributed by atoms with E-state index >= 15 is 0 Å². The molecular weight excluding hydrogens is 402 g/mol. The van der Waals surface area contributed by atoms with Crippen LogP contribution in [0.2, 0.25) is 0 Å². The first-order valence-corrected chi connectivity index (χ1v) is 10.8. The maximum Gasteiger partial charge on any atom is 0.355 e. The number of fused-ring (bicyclic) bond motifs is 2. The number of pyridine rings is 2. The largest absolute Gasteiger partial charge is 0.476 e. The van der Waals surface area contributed by atoms with Gasteiger partial charge in [0.1, 0.15) is 22.7 Å². The zero-order valence-corrected chi connectivity index (χ0v) is 17.8. The standard InChI is InChI=1S/C25H23N5O2/c1-2-3-11-20-27-19-10-7-13-26-24(19)30(20)16-17-12-14-29-21(15-17)28-22(23(29)25(31)32)18-8-5-4-6-9-18/h4-10,12-15H,2-3,11,16H2,1H3,(H,31,32). The average molecular weight is 425 g/mol. The van der Waals surface area contributed by atoms with E-state index in [-0.39, 0.29) is 5.69 Å². The van der Waals surface area contributed by atoms with Crippen molar-refractivity contribution in [2.45, 2.75) is 32.7 Å². The smallest absolute Gasteiger partial charge is 0.355 e. The van der Waals surface area contributed by atoms with Gasteiger partial charge in [0.05, 0.1) is 6.54 Å². The molecule has 4 heterocycles. The van der Waals surface area contributed by atoms with E-state index in [1.54, 1.807) is 16.8 Å². The average Bonchev–Trinajstić information content (AvgIpc) is 3.36. The molecule has 0 amide bonds. The van der Waals surface area contributed by atoms with Crippen LogP contribution < -0.4 is 0 Å². The Hall–Kier alpha value is -4.00. The van der Waals surface area contributed by atoms with Gasteiger partial charge in [0.2, 0.25) is 0 Å². The highest BCUT2D eigenvalue weighted by molar-refractivity contribution is 5.94. The van der Waals surface area contributed by atoms with E-state index in [2.05, 4.69) is 21.5 Å². The van der Waals surface area contributed by atoms with Crippen LogP contribution in [-0.2, 0) is 13.0 Å². The number of aromatic nitrogens is 5. The number of benzene rings is 1. The summed E-state index contributed by atoms with van der Waals surface area (Å²) in [6.45, 7) is 2.76. The highest BCUT2D eigenvalue weighted by atomic mass is 16.4. The summed E-state index contributed by atoms with van der Waals surface area (Å²) in [6.07, 6.45) is 6.61. The minimum atomic E-state index is -1.00. The van der Waals surface area contributed by atoms with Gasteiger partial charge in [0, 0.05) is 24.4 Å². The number of carboxylic acid groups (broad SMARTS) is 1. The summed E-state index contributed by atoms with van der Waals surface area (Å²) in [4.78, 5) is 26.0. The van der Waals surface area contributed by atoms with Crippen LogP contribution in [0.25, 0.3) is 28.1 Å². The lowest BCUT2D eigenvalue weighted by Gasteiger charge is -2.09. The van der Waals surface area contributed by atoms with Crippen LogP contribution in [0, 0.1) is 0 Å². The number of hydrogen-bond acceptors (Lipinski definition) is 4. The second-order valence-electron chi connectivity index (χ2n) is 7.81. The summed E-state index contributed by atoms with van der Waals surface area (Å²) >= 11 is 0. The van der Waals surface area contributed by atoms with Gasteiger partial charge in [0.15, 0.2) is 11.3 Å². The zero-order chi connectivity index (χ0) is 22.1. The third-order valence-electron chi connectivity index (χ3n) is 5.62. The van der Waals surface area contributed by atoms with Crippen LogP contribution in [-0.4, -0.2) is 35.0 Å². The van der Waals surface area contributed by atoms with Crippen molar-refractivity contribution in [3.8, 4) is 11.3 Å². The highest BCUT2D eigenvalue weighted by Gasteiger charge is 2.20. The molecule has 32 heavy (non-hydrogen) atoms. The number of aryl methyl sites for hydroxylation is 1. The molecule has 0 saturated carbocycles. The van der Waals surface area contributed by atoms with Crippen molar-refractivity contribution in [2.24, 2.45) is 0 Å². The van der Waals surface area contributed by atoms with Gasteiger partial charge in [-0.2, -0.15) is 0 Å². The number of aromatic carboxylic acids is 1. The molecule has 0 radical (unpaired) electrons. The summed E-state index contributed by atoms with van der Waals surface area (Å²) in [6, 6.07) is 17.2. The Bertz CT molecular complexity index is 1420. The van der Waals surface area contributed by atoms with Crippen molar-refractivity contribution in [3.63, 3.8) is 0 Å². The first kappa shape index (κ1) is 19.9. The van der Waals surface area contributed by atoms with Crippen molar-refractivity contribution in [2.75, 3.05) is 0 Å². The minimum Gasteiger partial charge on any atom is -0.476 e. The Balaban J connectivity index is 1.59. The molecule has 0 saturated heterocycles. The van der Waals surface area contributed by atoms with Gasteiger partial charge in [-0.3, -0.25) is 4.40 Å². The van der Waals surface area contributed by atoms with Gasteiger partial charge in [-0.05, 0) is 36.2 Å². The molecular formula is C25H23N5O2. The summed E-state index contributed by atoms with van der Waals surface area (Å²) in [5.41, 5.74) is 4.78. The van der Waals surface area contributed by atoms with E-state index in [1.807, 2.05) is 54.6 Å². The predicted octanol–water partition coefficient (Wildman–Crippen LogP) is 4.84. The Morgan fingerprint density at radius 3 is 2.69 bits per heavy atom. The van der Waals surface area contributed by atoms with Gasteiger partial charge in [0.25, 0.3) is 0 Å². The maximum absolute atomic E-state index is 12.0. The van der Waals surface area contributed by atoms with Crippen molar-refractivity contribution < 1.29 is 9.90 Å². The first-order valence-electron chi connectivity index (χ1n) is 10.8. The topological polar surface area (TPSA) is 85.3 Å². The lowest BCUT2D eigenvalue weighted by atomic mass is 10.1. The number of unbranched alkanes of at least 4 members (excludes halogenated alkanes) is 1. The zero-order valence-electron chi connectivity index (χ0n) is 17.8. The number of hydrogen-bond donors (Lipinski definition) is 1. The Kier molecular flexibility index (Phi) is 5.15. The maximum atomic E-state index is 12.0. The number of rotatable bonds is 7. The van der Waals surface area contributed by atoms with Crippen LogP contribution in [0.15, 0.2) is 67.0 Å². The Morgan fingerprint density at radius 2 is 1.91 bits per heavy atom. The van der Waals surface area contributed by atoms with Crippen molar-refractivity contribution in [1.29, 1.82) is 0 Å². The normalized spacial score (nSPS) is 11.4. The van der Waals surface area contributed by atoms with Crippen molar-refractivity contribution in [1.82, 2.24) is 23.9 Å². The molecule has 0 unspecified atom stereocenters. The van der Waals surface area contributed by atoms with Crippen LogP contribution in [0.3, 0.4) is 0 Å². The van der Waals surface area contributed by atoms with Crippen molar-refractivity contribution >= 4 is 22.8 Å². The van der Waals surface area contributed by atoms with E-state index in [4.69, 9.17) is 4.98 Å². The third-order valence-corrected chi connectivity index (χ3v) is 5.62. The fourth-order valence-electron chi connectivity index (χ4n) is 4.07. The van der Waals surface area contributed by atoms with E-state index in [1.165, 1.54) is 0 Å².